The van der Waals surface area contributed by atoms with Crippen molar-refractivity contribution in [3.05, 3.63) is 48.0 Å². The summed E-state index contributed by atoms with van der Waals surface area (Å²) in [5.41, 5.74) is 7.33. The Balaban J connectivity index is 2.21. The molecule has 0 spiro atoms. The average Bonchev–Trinajstić information content (AvgIpc) is 3.35. The summed E-state index contributed by atoms with van der Waals surface area (Å²) in [4.78, 5) is 56.8. The number of imidazole rings is 1. The summed E-state index contributed by atoms with van der Waals surface area (Å²) < 4.78 is 0. The molecule has 1 aromatic carbocycles. The molecular weight excluding hydrogens is 468 g/mol. The van der Waals surface area contributed by atoms with E-state index in [1.165, 1.54) is 25.4 Å². The molecule has 0 radical (unpaired) electrons. The van der Waals surface area contributed by atoms with Crippen molar-refractivity contribution >= 4 is 23.7 Å². The topological polar surface area (TPSA) is 200 Å². The molecule has 0 aliphatic carbocycles. The first kappa shape index (κ1) is 28.3. The maximum atomic E-state index is 13.3. The number of rotatable bonds is 13. The molecule has 0 saturated heterocycles. The van der Waals surface area contributed by atoms with Crippen molar-refractivity contribution in [2.75, 3.05) is 0 Å². The normalized spacial score (nSPS) is 15.1. The number of aliphatic carboxylic acids is 1. The first-order chi connectivity index (χ1) is 17.0. The molecule has 12 nitrogen and oxygen atoms in total. The van der Waals surface area contributed by atoms with Crippen molar-refractivity contribution in [2.24, 2.45) is 11.7 Å². The SMILES string of the molecule is CCC(C)C(NC(=O)C(Cc1ccc(O)cc1)NC(=O)C(N)Cc1cnc[nH]1)C(=O)NC(C)C(=O)O. The number of carboxylic acids is 1. The number of carbonyl (C=O) groups is 4. The van der Waals surface area contributed by atoms with Crippen LogP contribution in [-0.4, -0.2) is 68.0 Å². The zero-order chi connectivity index (χ0) is 26.8. The molecule has 2 rings (SSSR count). The summed E-state index contributed by atoms with van der Waals surface area (Å²) in [6.07, 6.45) is 3.77. The van der Waals surface area contributed by atoms with E-state index in [4.69, 9.17) is 10.8 Å². The fourth-order valence-corrected chi connectivity index (χ4v) is 3.40. The van der Waals surface area contributed by atoms with Gasteiger partial charge in [0.05, 0.1) is 12.4 Å². The zero-order valence-corrected chi connectivity index (χ0v) is 20.5. The summed E-state index contributed by atoms with van der Waals surface area (Å²) >= 11 is 0. The predicted molar refractivity (Wildman–Crippen MR) is 131 cm³/mol. The Kier molecular flexibility index (Phi) is 10.4. The van der Waals surface area contributed by atoms with Crippen LogP contribution in [-0.2, 0) is 32.0 Å². The smallest absolute Gasteiger partial charge is 0.325 e. The Morgan fingerprint density at radius 1 is 1.00 bits per heavy atom. The maximum Gasteiger partial charge on any atom is 0.325 e. The standard InChI is InChI=1S/C24H34N6O6/c1-4-13(2)20(23(34)28-14(3)24(35)36)30-22(33)19(9-15-5-7-17(31)8-6-15)29-21(32)18(25)10-16-11-26-12-27-16/h5-8,11-14,18-20,31H,4,9-10,25H2,1-3H3,(H,26,27)(H,28,34)(H,29,32)(H,30,33)(H,35,36). The maximum absolute atomic E-state index is 13.3. The number of hydrogen-bond donors (Lipinski definition) is 7. The van der Waals surface area contributed by atoms with Gasteiger partial charge in [-0.1, -0.05) is 32.4 Å². The van der Waals surface area contributed by atoms with Crippen LogP contribution in [0.3, 0.4) is 0 Å². The van der Waals surface area contributed by atoms with E-state index in [1.54, 1.807) is 25.3 Å². The fourth-order valence-electron chi connectivity index (χ4n) is 3.40. The Morgan fingerprint density at radius 2 is 1.67 bits per heavy atom. The number of aromatic amines is 1. The number of carboxylic acid groups (broad SMARTS) is 1. The summed E-state index contributed by atoms with van der Waals surface area (Å²) in [7, 11) is 0. The molecule has 0 aliphatic heterocycles. The molecule has 0 aliphatic rings. The van der Waals surface area contributed by atoms with Crippen LogP contribution in [0.5, 0.6) is 5.75 Å². The molecule has 36 heavy (non-hydrogen) atoms. The van der Waals surface area contributed by atoms with E-state index >= 15 is 0 Å². The van der Waals surface area contributed by atoms with Gasteiger partial charge in [0.15, 0.2) is 0 Å². The highest BCUT2D eigenvalue weighted by Crippen LogP contribution is 2.13. The van der Waals surface area contributed by atoms with Crippen molar-refractivity contribution in [3.8, 4) is 5.75 Å². The quantitative estimate of drug-likeness (QED) is 0.196. The second-order valence-corrected chi connectivity index (χ2v) is 8.76. The Bertz CT molecular complexity index is 1030. The van der Waals surface area contributed by atoms with Gasteiger partial charge >= 0.3 is 5.97 Å². The summed E-state index contributed by atoms with van der Waals surface area (Å²) in [5.74, 6) is -3.32. The summed E-state index contributed by atoms with van der Waals surface area (Å²) in [6.45, 7) is 4.91. The molecule has 1 aromatic heterocycles. The number of nitrogens with one attached hydrogen (secondary N) is 4. The molecule has 0 saturated carbocycles. The van der Waals surface area contributed by atoms with Crippen LogP contribution in [0.4, 0.5) is 0 Å². The third-order valence-electron chi connectivity index (χ3n) is 5.86. The average molecular weight is 503 g/mol. The lowest BCUT2D eigenvalue weighted by atomic mass is 9.96. The molecular formula is C24H34N6O6. The molecule has 12 heteroatoms. The molecule has 0 bridgehead atoms. The van der Waals surface area contributed by atoms with E-state index in [0.29, 0.717) is 17.7 Å². The largest absolute Gasteiger partial charge is 0.508 e. The molecule has 196 valence electrons. The van der Waals surface area contributed by atoms with Gasteiger partial charge in [-0.2, -0.15) is 0 Å². The lowest BCUT2D eigenvalue weighted by Crippen LogP contribution is -2.59. The van der Waals surface area contributed by atoms with Crippen LogP contribution in [0, 0.1) is 5.92 Å². The van der Waals surface area contributed by atoms with Crippen molar-refractivity contribution in [2.45, 2.75) is 64.2 Å². The predicted octanol–water partition coefficient (Wildman–Crippen LogP) is -0.167. The number of aromatic hydroxyl groups is 1. The van der Waals surface area contributed by atoms with Gasteiger partial charge in [0, 0.05) is 24.7 Å². The minimum atomic E-state index is -1.21. The van der Waals surface area contributed by atoms with Gasteiger partial charge in [0.25, 0.3) is 0 Å². The highest BCUT2D eigenvalue weighted by molar-refractivity contribution is 5.94. The fraction of sp³-hybridized carbons (Fsp3) is 0.458. The second-order valence-electron chi connectivity index (χ2n) is 8.76. The number of aromatic nitrogens is 2. The number of phenolic OH excluding ortho intramolecular Hbond substituents is 1. The number of benzene rings is 1. The van der Waals surface area contributed by atoms with Crippen molar-refractivity contribution in [1.29, 1.82) is 0 Å². The highest BCUT2D eigenvalue weighted by atomic mass is 16.4. The minimum absolute atomic E-state index is 0.0476. The van der Waals surface area contributed by atoms with Gasteiger partial charge < -0.3 is 36.9 Å². The highest BCUT2D eigenvalue weighted by Gasteiger charge is 2.32. The van der Waals surface area contributed by atoms with Gasteiger partial charge in [-0.3, -0.25) is 19.2 Å². The minimum Gasteiger partial charge on any atom is -0.508 e. The van der Waals surface area contributed by atoms with E-state index in [2.05, 4.69) is 25.9 Å². The Morgan fingerprint density at radius 3 is 2.22 bits per heavy atom. The number of amides is 3. The van der Waals surface area contributed by atoms with E-state index in [1.807, 2.05) is 6.92 Å². The van der Waals surface area contributed by atoms with Gasteiger partial charge in [-0.15, -0.1) is 0 Å². The first-order valence-corrected chi connectivity index (χ1v) is 11.7. The molecule has 2 aromatic rings. The third kappa shape index (κ3) is 8.38. The summed E-state index contributed by atoms with van der Waals surface area (Å²) in [6, 6.07) is 1.91. The number of carbonyl (C=O) groups excluding carboxylic acids is 3. The Hall–Kier alpha value is -3.93. The number of H-pyrrole nitrogens is 1. The number of hydrogen-bond acceptors (Lipinski definition) is 7. The zero-order valence-electron chi connectivity index (χ0n) is 20.5. The monoisotopic (exact) mass is 502 g/mol. The lowest BCUT2D eigenvalue weighted by molar-refractivity contribution is -0.142. The lowest BCUT2D eigenvalue weighted by Gasteiger charge is -2.27. The van der Waals surface area contributed by atoms with Crippen LogP contribution >= 0.6 is 0 Å². The van der Waals surface area contributed by atoms with Crippen molar-refractivity contribution < 1.29 is 29.4 Å². The number of nitrogens with zero attached hydrogens (tertiary/aromatic N) is 1. The van der Waals surface area contributed by atoms with Gasteiger partial charge in [-0.25, -0.2) is 4.98 Å². The summed E-state index contributed by atoms with van der Waals surface area (Å²) in [5, 5.41) is 26.4. The Labute approximate surface area is 209 Å². The van der Waals surface area contributed by atoms with Crippen LogP contribution < -0.4 is 21.7 Å². The van der Waals surface area contributed by atoms with E-state index in [0.717, 1.165) is 0 Å². The van der Waals surface area contributed by atoms with Gasteiger partial charge in [0.2, 0.25) is 17.7 Å². The van der Waals surface area contributed by atoms with Gasteiger partial charge in [0.1, 0.15) is 23.9 Å². The van der Waals surface area contributed by atoms with Crippen molar-refractivity contribution in [3.63, 3.8) is 0 Å². The van der Waals surface area contributed by atoms with Gasteiger partial charge in [-0.05, 0) is 30.5 Å². The molecule has 5 unspecified atom stereocenters. The number of phenols is 1. The van der Waals surface area contributed by atoms with E-state index < -0.39 is 47.9 Å². The first-order valence-electron chi connectivity index (χ1n) is 11.7. The van der Waals surface area contributed by atoms with Crippen LogP contribution in [0.1, 0.15) is 38.4 Å². The number of nitrogens with two attached hydrogens (primary N) is 1. The van der Waals surface area contributed by atoms with E-state index in [-0.39, 0.29) is 24.5 Å². The van der Waals surface area contributed by atoms with Crippen LogP contribution in [0.25, 0.3) is 0 Å². The molecule has 1 heterocycles. The third-order valence-corrected chi connectivity index (χ3v) is 5.86. The molecule has 0 fully saturated rings. The van der Waals surface area contributed by atoms with Crippen LogP contribution in [0.2, 0.25) is 0 Å². The van der Waals surface area contributed by atoms with Crippen LogP contribution in [0.15, 0.2) is 36.8 Å². The van der Waals surface area contributed by atoms with Crippen molar-refractivity contribution in [1.82, 2.24) is 25.9 Å². The molecule has 3 amide bonds. The second kappa shape index (κ2) is 13.2. The van der Waals surface area contributed by atoms with E-state index in [9.17, 15) is 24.3 Å². The molecule has 8 N–H and O–H groups in total. The molecule has 5 atom stereocenters.